The minimum atomic E-state index is -0.973. The largest absolute Gasteiger partial charge is 0.494 e. The van der Waals surface area contributed by atoms with E-state index in [1.54, 1.807) is 21.7 Å². The van der Waals surface area contributed by atoms with Gasteiger partial charge in [0.1, 0.15) is 11.3 Å². The van der Waals surface area contributed by atoms with Crippen molar-refractivity contribution in [2.45, 2.75) is 12.5 Å². The van der Waals surface area contributed by atoms with E-state index in [9.17, 15) is 4.79 Å². The van der Waals surface area contributed by atoms with Crippen molar-refractivity contribution in [3.63, 3.8) is 0 Å². The van der Waals surface area contributed by atoms with E-state index in [1.165, 1.54) is 0 Å². The Labute approximate surface area is 178 Å². The number of hydrogen-bond acceptors (Lipinski definition) is 4. The Kier molecular flexibility index (Phi) is 4.44. The summed E-state index contributed by atoms with van der Waals surface area (Å²) in [5.74, 6) is 0.713. The van der Waals surface area contributed by atoms with Crippen LogP contribution in [0, 0.1) is 0 Å². The van der Waals surface area contributed by atoms with Gasteiger partial charge in [-0.15, -0.1) is 5.10 Å². The number of hydrogen-bond donors (Lipinski definition) is 0. The molecule has 1 aliphatic heterocycles. The molecule has 5 rings (SSSR count). The number of halogens is 1. The number of fused-ring (bicyclic) bond motifs is 1. The lowest BCUT2D eigenvalue weighted by molar-refractivity contribution is -0.131. The second-order valence-corrected chi connectivity index (χ2v) is 7.61. The molecule has 30 heavy (non-hydrogen) atoms. The first kappa shape index (κ1) is 18.6. The SMILES string of the molecule is CCOc1ccc(N2C[C@@](c3ccc(Cl)cc3)(n3nnc4ccccc43)C2=O)cc1. The maximum absolute atomic E-state index is 13.7. The summed E-state index contributed by atoms with van der Waals surface area (Å²) in [6, 6.07) is 22.5. The first-order chi connectivity index (χ1) is 14.6. The molecule has 0 aliphatic carbocycles. The second kappa shape index (κ2) is 7.15. The van der Waals surface area contributed by atoms with E-state index in [0.29, 0.717) is 18.2 Å². The molecule has 0 spiro atoms. The van der Waals surface area contributed by atoms with Gasteiger partial charge in [0, 0.05) is 10.7 Å². The minimum absolute atomic E-state index is 0.0652. The summed E-state index contributed by atoms with van der Waals surface area (Å²) in [5, 5.41) is 9.26. The molecule has 6 nitrogen and oxygen atoms in total. The Morgan fingerprint density at radius 3 is 2.47 bits per heavy atom. The summed E-state index contributed by atoms with van der Waals surface area (Å²) >= 11 is 6.10. The standard InChI is InChI=1S/C23H19ClN4O2/c1-2-30-19-13-11-18(12-14-19)27-15-23(22(27)29,16-7-9-17(24)10-8-16)28-21-6-4-3-5-20(21)25-26-28/h3-14H,2,15H2,1H3/t23-/m0/s1. The molecular formula is C23H19ClN4O2. The zero-order chi connectivity index (χ0) is 20.7. The van der Waals surface area contributed by atoms with Gasteiger partial charge in [-0.25, -0.2) is 4.68 Å². The average molecular weight is 419 g/mol. The van der Waals surface area contributed by atoms with Crippen LogP contribution in [0.15, 0.2) is 72.8 Å². The molecule has 7 heteroatoms. The van der Waals surface area contributed by atoms with Gasteiger partial charge < -0.3 is 9.64 Å². The van der Waals surface area contributed by atoms with Gasteiger partial charge in [-0.05, 0) is 61.0 Å². The van der Waals surface area contributed by atoms with Crippen molar-refractivity contribution in [2.75, 3.05) is 18.1 Å². The Morgan fingerprint density at radius 1 is 1.03 bits per heavy atom. The number of nitrogens with zero attached hydrogens (tertiary/aromatic N) is 4. The van der Waals surface area contributed by atoms with Gasteiger partial charge in [-0.2, -0.15) is 0 Å². The highest BCUT2D eigenvalue weighted by Crippen LogP contribution is 2.42. The van der Waals surface area contributed by atoms with E-state index >= 15 is 0 Å². The summed E-state index contributed by atoms with van der Waals surface area (Å²) in [7, 11) is 0. The lowest BCUT2D eigenvalue weighted by Gasteiger charge is -2.48. The molecule has 0 unspecified atom stereocenters. The van der Waals surface area contributed by atoms with Crippen molar-refractivity contribution in [1.82, 2.24) is 15.0 Å². The molecule has 1 aliphatic rings. The van der Waals surface area contributed by atoms with E-state index < -0.39 is 5.54 Å². The quantitative estimate of drug-likeness (QED) is 0.454. The van der Waals surface area contributed by atoms with E-state index in [2.05, 4.69) is 10.3 Å². The van der Waals surface area contributed by atoms with Gasteiger partial charge in [-0.3, -0.25) is 4.79 Å². The zero-order valence-electron chi connectivity index (χ0n) is 16.3. The first-order valence-corrected chi connectivity index (χ1v) is 10.1. The van der Waals surface area contributed by atoms with E-state index in [0.717, 1.165) is 28.0 Å². The molecular weight excluding hydrogens is 400 g/mol. The lowest BCUT2D eigenvalue weighted by Crippen LogP contribution is -2.68. The molecule has 0 bridgehead atoms. The molecule has 4 aromatic rings. The van der Waals surface area contributed by atoms with Crippen LogP contribution < -0.4 is 9.64 Å². The molecule has 1 amide bonds. The second-order valence-electron chi connectivity index (χ2n) is 7.18. The normalized spacial score (nSPS) is 18.5. The smallest absolute Gasteiger partial charge is 0.261 e. The highest BCUT2D eigenvalue weighted by molar-refractivity contribution is 6.30. The Morgan fingerprint density at radius 2 is 1.77 bits per heavy atom. The molecule has 150 valence electrons. The summed E-state index contributed by atoms with van der Waals surface area (Å²) < 4.78 is 7.24. The van der Waals surface area contributed by atoms with Gasteiger partial charge in [0.05, 0.1) is 18.7 Å². The fourth-order valence-electron chi connectivity index (χ4n) is 3.97. The molecule has 0 N–H and O–H groups in total. The number of β-lactam (4-membered cyclic amide) rings is 1. The topological polar surface area (TPSA) is 60.2 Å². The number of aromatic nitrogens is 3. The fraction of sp³-hybridized carbons (Fsp3) is 0.174. The van der Waals surface area contributed by atoms with E-state index in [4.69, 9.17) is 16.3 Å². The van der Waals surface area contributed by atoms with Crippen LogP contribution >= 0.6 is 11.6 Å². The van der Waals surface area contributed by atoms with E-state index in [-0.39, 0.29) is 5.91 Å². The van der Waals surface area contributed by atoms with Gasteiger partial charge in [-0.1, -0.05) is 41.1 Å². The highest BCUT2D eigenvalue weighted by Gasteiger charge is 2.57. The van der Waals surface area contributed by atoms with Crippen molar-refractivity contribution < 1.29 is 9.53 Å². The van der Waals surface area contributed by atoms with Crippen LogP contribution in [0.1, 0.15) is 12.5 Å². The molecule has 1 fully saturated rings. The monoisotopic (exact) mass is 418 g/mol. The molecule has 2 heterocycles. The van der Waals surface area contributed by atoms with Crippen LogP contribution in [0.25, 0.3) is 11.0 Å². The predicted molar refractivity (Wildman–Crippen MR) is 116 cm³/mol. The van der Waals surface area contributed by atoms with E-state index in [1.807, 2.05) is 67.6 Å². The third kappa shape index (κ3) is 2.75. The third-order valence-corrected chi connectivity index (χ3v) is 5.73. The Hall–Kier alpha value is -3.38. The van der Waals surface area contributed by atoms with Crippen molar-refractivity contribution in [1.29, 1.82) is 0 Å². The summed E-state index contributed by atoms with van der Waals surface area (Å²) in [6.07, 6.45) is 0. The van der Waals surface area contributed by atoms with Crippen molar-refractivity contribution >= 4 is 34.2 Å². The van der Waals surface area contributed by atoms with Gasteiger partial charge in [0.15, 0.2) is 5.54 Å². The molecule has 1 atom stereocenters. The zero-order valence-corrected chi connectivity index (χ0v) is 17.1. The fourth-order valence-corrected chi connectivity index (χ4v) is 4.09. The lowest BCUT2D eigenvalue weighted by atomic mass is 9.80. The number of benzene rings is 3. The predicted octanol–water partition coefficient (Wildman–Crippen LogP) is 4.27. The Bertz CT molecular complexity index is 1220. The first-order valence-electron chi connectivity index (χ1n) is 9.75. The molecule has 1 aromatic heterocycles. The summed E-state index contributed by atoms with van der Waals surface area (Å²) in [6.45, 7) is 2.98. The van der Waals surface area contributed by atoms with Crippen LogP contribution in [0.3, 0.4) is 0 Å². The number of amides is 1. The summed E-state index contributed by atoms with van der Waals surface area (Å²) in [5.41, 5.74) is 2.23. The average Bonchev–Trinajstić information content (AvgIpc) is 3.20. The highest BCUT2D eigenvalue weighted by atomic mass is 35.5. The maximum atomic E-state index is 13.7. The van der Waals surface area contributed by atoms with Crippen LogP contribution in [0.2, 0.25) is 5.02 Å². The van der Waals surface area contributed by atoms with Gasteiger partial charge in [0.25, 0.3) is 5.91 Å². The number of carbonyl (C=O) groups is 1. The molecule has 1 saturated heterocycles. The maximum Gasteiger partial charge on any atom is 0.261 e. The van der Waals surface area contributed by atoms with Crippen molar-refractivity contribution in [3.05, 3.63) is 83.4 Å². The summed E-state index contributed by atoms with van der Waals surface area (Å²) in [4.78, 5) is 15.4. The number of para-hydroxylation sites is 1. The van der Waals surface area contributed by atoms with Crippen LogP contribution in [-0.4, -0.2) is 34.1 Å². The number of rotatable bonds is 5. The number of anilines is 1. The minimum Gasteiger partial charge on any atom is -0.494 e. The van der Waals surface area contributed by atoms with Crippen LogP contribution in [0.5, 0.6) is 5.75 Å². The van der Waals surface area contributed by atoms with Crippen LogP contribution in [0.4, 0.5) is 5.69 Å². The van der Waals surface area contributed by atoms with Crippen molar-refractivity contribution in [2.24, 2.45) is 0 Å². The van der Waals surface area contributed by atoms with Crippen molar-refractivity contribution in [3.8, 4) is 5.75 Å². The van der Waals surface area contributed by atoms with Crippen LogP contribution in [-0.2, 0) is 10.3 Å². The number of ether oxygens (including phenoxy) is 1. The van der Waals surface area contributed by atoms with Gasteiger partial charge >= 0.3 is 0 Å². The number of carbonyl (C=O) groups excluding carboxylic acids is 1. The van der Waals surface area contributed by atoms with Gasteiger partial charge in [0.2, 0.25) is 0 Å². The third-order valence-electron chi connectivity index (χ3n) is 5.48. The Balaban J connectivity index is 1.59. The molecule has 3 aromatic carbocycles. The molecule has 0 saturated carbocycles. The molecule has 0 radical (unpaired) electrons.